The van der Waals surface area contributed by atoms with Crippen molar-refractivity contribution >= 4 is 21.6 Å². The second kappa shape index (κ2) is 6.64. The van der Waals surface area contributed by atoms with E-state index in [2.05, 4.69) is 14.9 Å². The van der Waals surface area contributed by atoms with E-state index in [1.54, 1.807) is 6.07 Å². The molecular formula is C13H16ClN3O4S. The standard InChI is InChI=1S/C13H16ClN3O4S/c1-8(2)13-17-16-12(21-13)7-15-22(18,19)11-6-9(14)4-5-10(11)20-3/h4-6,8,15H,7H2,1-3H3. The summed E-state index contributed by atoms with van der Waals surface area (Å²) in [7, 11) is -2.44. The van der Waals surface area contributed by atoms with Crippen molar-refractivity contribution in [3.8, 4) is 5.75 Å². The molecule has 22 heavy (non-hydrogen) atoms. The molecule has 2 aromatic rings. The molecule has 0 spiro atoms. The van der Waals surface area contributed by atoms with Crippen LogP contribution in [0.25, 0.3) is 0 Å². The minimum Gasteiger partial charge on any atom is -0.495 e. The average Bonchev–Trinajstić information content (AvgIpc) is 2.94. The number of rotatable bonds is 6. The van der Waals surface area contributed by atoms with Gasteiger partial charge in [-0.15, -0.1) is 10.2 Å². The van der Waals surface area contributed by atoms with Crippen molar-refractivity contribution in [2.75, 3.05) is 7.11 Å². The van der Waals surface area contributed by atoms with Crippen molar-refractivity contribution in [1.29, 1.82) is 0 Å². The van der Waals surface area contributed by atoms with Crippen LogP contribution in [0.5, 0.6) is 5.75 Å². The highest BCUT2D eigenvalue weighted by molar-refractivity contribution is 7.89. The first kappa shape index (κ1) is 16.7. The molecule has 2 rings (SSSR count). The molecule has 1 heterocycles. The van der Waals surface area contributed by atoms with Crippen LogP contribution >= 0.6 is 11.6 Å². The summed E-state index contributed by atoms with van der Waals surface area (Å²) in [4.78, 5) is -0.0499. The molecule has 0 atom stereocenters. The summed E-state index contributed by atoms with van der Waals surface area (Å²) in [5, 5.41) is 7.93. The highest BCUT2D eigenvalue weighted by Gasteiger charge is 2.21. The van der Waals surface area contributed by atoms with E-state index in [0.29, 0.717) is 10.9 Å². The zero-order valence-electron chi connectivity index (χ0n) is 12.3. The Labute approximate surface area is 133 Å². The van der Waals surface area contributed by atoms with Gasteiger partial charge >= 0.3 is 0 Å². The Morgan fingerprint density at radius 1 is 1.36 bits per heavy atom. The number of sulfonamides is 1. The lowest BCUT2D eigenvalue weighted by molar-refractivity contribution is 0.401. The van der Waals surface area contributed by atoms with Crippen molar-refractivity contribution in [2.45, 2.75) is 31.2 Å². The topological polar surface area (TPSA) is 94.3 Å². The van der Waals surface area contributed by atoms with E-state index in [-0.39, 0.29) is 29.0 Å². The molecule has 0 aliphatic rings. The first-order chi connectivity index (χ1) is 10.3. The molecule has 120 valence electrons. The van der Waals surface area contributed by atoms with Crippen LogP contribution in [0.15, 0.2) is 27.5 Å². The number of aromatic nitrogens is 2. The van der Waals surface area contributed by atoms with Gasteiger partial charge in [-0.3, -0.25) is 0 Å². The molecule has 1 aromatic carbocycles. The Hall–Kier alpha value is -1.64. The molecule has 0 radical (unpaired) electrons. The van der Waals surface area contributed by atoms with E-state index in [1.165, 1.54) is 19.2 Å². The van der Waals surface area contributed by atoms with Gasteiger partial charge in [0.15, 0.2) is 0 Å². The first-order valence-corrected chi connectivity index (χ1v) is 8.35. The molecule has 1 aromatic heterocycles. The third kappa shape index (κ3) is 3.76. The van der Waals surface area contributed by atoms with Gasteiger partial charge in [0.25, 0.3) is 0 Å². The second-order valence-electron chi connectivity index (χ2n) is 4.81. The van der Waals surface area contributed by atoms with Crippen molar-refractivity contribution in [3.05, 3.63) is 35.0 Å². The van der Waals surface area contributed by atoms with Crippen LogP contribution in [0, 0.1) is 0 Å². The summed E-state index contributed by atoms with van der Waals surface area (Å²) in [5.74, 6) is 0.916. The number of methoxy groups -OCH3 is 1. The van der Waals surface area contributed by atoms with Gasteiger partial charge in [-0.2, -0.15) is 0 Å². The number of ether oxygens (including phenoxy) is 1. The highest BCUT2D eigenvalue weighted by Crippen LogP contribution is 2.27. The fraction of sp³-hybridized carbons (Fsp3) is 0.385. The Kier molecular flexibility index (Phi) is 5.05. The van der Waals surface area contributed by atoms with Gasteiger partial charge in [0, 0.05) is 10.9 Å². The summed E-state index contributed by atoms with van der Waals surface area (Å²) < 4.78 is 37.5. The van der Waals surface area contributed by atoms with Gasteiger partial charge in [0.2, 0.25) is 21.8 Å². The molecule has 0 saturated heterocycles. The molecule has 0 fully saturated rings. The van der Waals surface area contributed by atoms with E-state index in [0.717, 1.165) is 0 Å². The molecule has 9 heteroatoms. The molecule has 0 bridgehead atoms. The SMILES string of the molecule is COc1ccc(Cl)cc1S(=O)(=O)NCc1nnc(C(C)C)o1. The monoisotopic (exact) mass is 345 g/mol. The number of halogens is 1. The maximum atomic E-state index is 12.3. The number of benzene rings is 1. The van der Waals surface area contributed by atoms with Gasteiger partial charge < -0.3 is 9.15 Å². The van der Waals surface area contributed by atoms with Crippen LogP contribution in [-0.4, -0.2) is 25.7 Å². The molecule has 0 saturated carbocycles. The Balaban J connectivity index is 2.19. The van der Waals surface area contributed by atoms with Gasteiger partial charge in [-0.25, -0.2) is 13.1 Å². The maximum absolute atomic E-state index is 12.3. The van der Waals surface area contributed by atoms with Gasteiger partial charge in [-0.1, -0.05) is 25.4 Å². The fourth-order valence-corrected chi connectivity index (χ4v) is 3.07. The van der Waals surface area contributed by atoms with Crippen LogP contribution < -0.4 is 9.46 Å². The predicted octanol–water partition coefficient (Wildman–Crippen LogP) is 2.33. The number of nitrogens with zero attached hydrogens (tertiary/aromatic N) is 2. The van der Waals surface area contributed by atoms with Crippen molar-refractivity contribution < 1.29 is 17.6 Å². The number of hydrogen-bond donors (Lipinski definition) is 1. The Bertz CT molecular complexity index is 758. The van der Waals surface area contributed by atoms with E-state index < -0.39 is 10.0 Å². The smallest absolute Gasteiger partial charge is 0.244 e. The zero-order valence-corrected chi connectivity index (χ0v) is 13.9. The maximum Gasteiger partial charge on any atom is 0.244 e. The molecule has 1 N–H and O–H groups in total. The molecular weight excluding hydrogens is 330 g/mol. The van der Waals surface area contributed by atoms with E-state index >= 15 is 0 Å². The van der Waals surface area contributed by atoms with Gasteiger partial charge in [0.05, 0.1) is 13.7 Å². The summed E-state index contributed by atoms with van der Waals surface area (Å²) in [5.41, 5.74) is 0. The molecule has 7 nitrogen and oxygen atoms in total. The molecule has 0 unspecified atom stereocenters. The Morgan fingerprint density at radius 3 is 2.68 bits per heavy atom. The lowest BCUT2D eigenvalue weighted by atomic mass is 10.2. The van der Waals surface area contributed by atoms with Crippen molar-refractivity contribution in [1.82, 2.24) is 14.9 Å². The normalized spacial score (nSPS) is 11.9. The average molecular weight is 346 g/mol. The number of nitrogens with one attached hydrogen (secondary N) is 1. The third-order valence-electron chi connectivity index (χ3n) is 2.80. The van der Waals surface area contributed by atoms with Gasteiger partial charge in [-0.05, 0) is 18.2 Å². The van der Waals surface area contributed by atoms with Gasteiger partial charge in [0.1, 0.15) is 10.6 Å². The van der Waals surface area contributed by atoms with Crippen LogP contribution in [-0.2, 0) is 16.6 Å². The first-order valence-electron chi connectivity index (χ1n) is 6.49. The minimum absolute atomic E-state index is 0.0499. The largest absolute Gasteiger partial charge is 0.495 e. The summed E-state index contributed by atoms with van der Waals surface area (Å²) in [6, 6.07) is 4.35. The summed E-state index contributed by atoms with van der Waals surface area (Å²) >= 11 is 5.85. The van der Waals surface area contributed by atoms with Crippen LogP contribution in [0.2, 0.25) is 5.02 Å². The summed E-state index contributed by atoms with van der Waals surface area (Å²) in [6.45, 7) is 3.69. The van der Waals surface area contributed by atoms with Crippen molar-refractivity contribution in [3.63, 3.8) is 0 Å². The van der Waals surface area contributed by atoms with Crippen LogP contribution in [0.4, 0.5) is 0 Å². The molecule has 0 amide bonds. The summed E-state index contributed by atoms with van der Waals surface area (Å²) in [6.07, 6.45) is 0. The molecule has 0 aliphatic carbocycles. The van der Waals surface area contributed by atoms with Crippen LogP contribution in [0.3, 0.4) is 0 Å². The minimum atomic E-state index is -3.82. The predicted molar refractivity (Wildman–Crippen MR) is 80.4 cm³/mol. The third-order valence-corrected chi connectivity index (χ3v) is 4.46. The quantitative estimate of drug-likeness (QED) is 0.863. The zero-order chi connectivity index (χ0) is 16.3. The highest BCUT2D eigenvalue weighted by atomic mass is 35.5. The lowest BCUT2D eigenvalue weighted by Gasteiger charge is -2.10. The lowest BCUT2D eigenvalue weighted by Crippen LogP contribution is -2.24. The second-order valence-corrected chi connectivity index (χ2v) is 6.98. The van der Waals surface area contributed by atoms with Crippen molar-refractivity contribution in [2.24, 2.45) is 0 Å². The molecule has 0 aliphatic heterocycles. The van der Waals surface area contributed by atoms with Crippen LogP contribution in [0.1, 0.15) is 31.5 Å². The number of hydrogen-bond acceptors (Lipinski definition) is 6. The van der Waals surface area contributed by atoms with E-state index in [4.69, 9.17) is 20.8 Å². The van der Waals surface area contributed by atoms with E-state index in [1.807, 2.05) is 13.8 Å². The Morgan fingerprint density at radius 2 is 2.09 bits per heavy atom. The fourth-order valence-electron chi connectivity index (χ4n) is 1.67. The van der Waals surface area contributed by atoms with E-state index in [9.17, 15) is 8.42 Å².